The van der Waals surface area contributed by atoms with Gasteiger partial charge in [-0.05, 0) is 62.6 Å². The largest absolute Gasteiger partial charge is 0.353 e. The molecule has 1 aliphatic heterocycles. The number of carbonyl (C=O) groups is 2. The molecule has 1 aromatic carbocycles. The van der Waals surface area contributed by atoms with Crippen LogP contribution in [0.1, 0.15) is 62.0 Å². The van der Waals surface area contributed by atoms with Crippen LogP contribution in [0.2, 0.25) is 0 Å². The summed E-state index contributed by atoms with van der Waals surface area (Å²) in [4.78, 5) is 39.5. The van der Waals surface area contributed by atoms with Crippen LogP contribution in [0.25, 0.3) is 0 Å². The number of hydrogen-bond donors (Lipinski definition) is 1. The highest BCUT2D eigenvalue weighted by Crippen LogP contribution is 2.32. The lowest BCUT2D eigenvalue weighted by Crippen LogP contribution is -2.39. The number of para-hydroxylation sites is 1. The van der Waals surface area contributed by atoms with Gasteiger partial charge in [0, 0.05) is 30.3 Å². The van der Waals surface area contributed by atoms with E-state index < -0.39 is 0 Å². The lowest BCUT2D eigenvalue weighted by atomic mass is 9.87. The lowest BCUT2D eigenvalue weighted by molar-refractivity contribution is -0.122. The van der Waals surface area contributed by atoms with Gasteiger partial charge in [-0.3, -0.25) is 14.4 Å². The van der Waals surface area contributed by atoms with Crippen molar-refractivity contribution in [2.24, 2.45) is 5.92 Å². The van der Waals surface area contributed by atoms with Gasteiger partial charge in [-0.1, -0.05) is 25.1 Å². The highest BCUT2D eigenvalue weighted by atomic mass is 16.2. The normalized spacial score (nSPS) is 22.8. The van der Waals surface area contributed by atoms with Gasteiger partial charge in [0.25, 0.3) is 11.5 Å². The Labute approximate surface area is 182 Å². The predicted octanol–water partition coefficient (Wildman–Crippen LogP) is 2.92. The number of anilines is 1. The number of rotatable bonds is 5. The van der Waals surface area contributed by atoms with Crippen LogP contribution in [-0.2, 0) is 17.8 Å². The fraction of sp³-hybridized carbons (Fsp3) is 0.500. The molecule has 2 heterocycles. The van der Waals surface area contributed by atoms with Crippen LogP contribution in [0.3, 0.4) is 0 Å². The van der Waals surface area contributed by atoms with E-state index in [1.165, 1.54) is 16.8 Å². The first-order chi connectivity index (χ1) is 14.9. The van der Waals surface area contributed by atoms with Gasteiger partial charge in [-0.25, -0.2) is 4.68 Å². The topological polar surface area (TPSA) is 84.3 Å². The van der Waals surface area contributed by atoms with Crippen molar-refractivity contribution in [3.05, 3.63) is 58.0 Å². The number of aromatic nitrogens is 2. The Balaban J connectivity index is 1.42. The Hall–Kier alpha value is -2.96. The molecule has 7 heteroatoms. The molecule has 0 bridgehead atoms. The molecule has 0 radical (unpaired) electrons. The second-order valence-electron chi connectivity index (χ2n) is 8.91. The zero-order valence-corrected chi connectivity index (χ0v) is 18.2. The molecule has 0 spiro atoms. The van der Waals surface area contributed by atoms with Crippen LogP contribution in [0.4, 0.5) is 5.69 Å². The van der Waals surface area contributed by atoms with Gasteiger partial charge in [0.2, 0.25) is 5.91 Å². The molecule has 31 heavy (non-hydrogen) atoms. The average Bonchev–Trinajstić information content (AvgIpc) is 3.10. The van der Waals surface area contributed by atoms with Crippen LogP contribution in [0.5, 0.6) is 0 Å². The van der Waals surface area contributed by atoms with E-state index in [2.05, 4.69) is 17.3 Å². The smallest absolute Gasteiger partial charge is 0.278 e. The van der Waals surface area contributed by atoms with E-state index in [1.54, 1.807) is 4.90 Å². The Morgan fingerprint density at radius 1 is 1.06 bits per heavy atom. The van der Waals surface area contributed by atoms with E-state index in [-0.39, 0.29) is 48.1 Å². The Morgan fingerprint density at radius 2 is 1.81 bits per heavy atom. The molecule has 164 valence electrons. The second kappa shape index (κ2) is 9.04. The number of nitrogens with zero attached hydrogens (tertiary/aromatic N) is 3. The first kappa shape index (κ1) is 21.3. The fourth-order valence-electron chi connectivity index (χ4n) is 4.63. The number of carbonyl (C=O) groups excluding carboxylic acids is 2. The number of benzene rings is 1. The molecule has 7 nitrogen and oxygen atoms in total. The Kier molecular flexibility index (Phi) is 6.20. The van der Waals surface area contributed by atoms with Gasteiger partial charge in [-0.15, -0.1) is 0 Å². The minimum Gasteiger partial charge on any atom is -0.353 e. The summed E-state index contributed by atoms with van der Waals surface area (Å²) >= 11 is 0. The van der Waals surface area contributed by atoms with Crippen molar-refractivity contribution < 1.29 is 9.59 Å². The molecular weight excluding hydrogens is 392 g/mol. The summed E-state index contributed by atoms with van der Waals surface area (Å²) in [5, 5.41) is 7.36. The maximum atomic E-state index is 13.2. The molecule has 2 aromatic rings. The zero-order chi connectivity index (χ0) is 22.0. The molecule has 1 aliphatic carbocycles. The third-order valence-electron chi connectivity index (χ3n) is 6.44. The van der Waals surface area contributed by atoms with Crippen LogP contribution < -0.4 is 15.8 Å². The molecule has 0 saturated heterocycles. The molecule has 1 fully saturated rings. The van der Waals surface area contributed by atoms with Crippen LogP contribution in [0.15, 0.2) is 41.2 Å². The molecule has 4 rings (SSSR count). The number of fused-ring (bicyclic) bond motifs is 1. The highest BCUT2D eigenvalue weighted by Gasteiger charge is 2.32. The van der Waals surface area contributed by atoms with Crippen molar-refractivity contribution in [3.63, 3.8) is 0 Å². The summed E-state index contributed by atoms with van der Waals surface area (Å²) in [5.41, 5.74) is 1.92. The number of hydrogen-bond acceptors (Lipinski definition) is 4. The quantitative estimate of drug-likeness (QED) is 0.803. The second-order valence-corrected chi connectivity index (χ2v) is 8.91. The molecule has 1 unspecified atom stereocenters. The van der Waals surface area contributed by atoms with Crippen LogP contribution in [-0.4, -0.2) is 33.7 Å². The van der Waals surface area contributed by atoms with Crippen molar-refractivity contribution in [2.75, 3.05) is 4.90 Å². The molecule has 2 aliphatic rings. The predicted molar refractivity (Wildman–Crippen MR) is 119 cm³/mol. The standard InChI is InChI=1S/C24H30N4O3/c1-16-7-9-19(10-8-16)25-22(29)13-14-27-23(30)12-11-20(26-27)24(31)28-17(2)15-18-5-3-4-6-21(18)28/h3-6,11-12,16-17,19H,7-10,13-15H2,1-2H3,(H,25,29). The lowest BCUT2D eigenvalue weighted by Gasteiger charge is -2.26. The molecule has 1 saturated carbocycles. The number of aryl methyl sites for hydroxylation is 1. The summed E-state index contributed by atoms with van der Waals surface area (Å²) in [6.07, 6.45) is 5.23. The van der Waals surface area contributed by atoms with Gasteiger partial charge >= 0.3 is 0 Å². The number of nitrogens with one attached hydrogen (secondary N) is 1. The van der Waals surface area contributed by atoms with Crippen molar-refractivity contribution in [1.29, 1.82) is 0 Å². The fourth-order valence-corrected chi connectivity index (χ4v) is 4.63. The van der Waals surface area contributed by atoms with E-state index in [0.29, 0.717) is 0 Å². The molecule has 1 N–H and O–H groups in total. The van der Waals surface area contributed by atoms with E-state index in [1.807, 2.05) is 31.2 Å². The summed E-state index contributed by atoms with van der Waals surface area (Å²) in [6.45, 7) is 4.40. The average molecular weight is 423 g/mol. The van der Waals surface area contributed by atoms with E-state index in [9.17, 15) is 14.4 Å². The molecule has 1 atom stereocenters. The summed E-state index contributed by atoms with van der Waals surface area (Å²) in [6, 6.07) is 10.9. The van der Waals surface area contributed by atoms with E-state index in [0.717, 1.165) is 49.3 Å². The molecule has 1 aromatic heterocycles. The first-order valence-corrected chi connectivity index (χ1v) is 11.2. The summed E-state index contributed by atoms with van der Waals surface area (Å²) in [7, 11) is 0. The summed E-state index contributed by atoms with van der Waals surface area (Å²) < 4.78 is 1.22. The van der Waals surface area contributed by atoms with Crippen molar-refractivity contribution in [2.45, 2.75) is 71.0 Å². The van der Waals surface area contributed by atoms with Crippen molar-refractivity contribution in [3.8, 4) is 0 Å². The third-order valence-corrected chi connectivity index (χ3v) is 6.44. The van der Waals surface area contributed by atoms with Crippen molar-refractivity contribution in [1.82, 2.24) is 15.1 Å². The minimum absolute atomic E-state index is 0.0241. The van der Waals surface area contributed by atoms with Gasteiger partial charge in [0.05, 0.1) is 6.54 Å². The summed E-state index contributed by atoms with van der Waals surface area (Å²) in [5.74, 6) is 0.417. The highest BCUT2D eigenvalue weighted by molar-refractivity contribution is 6.06. The van der Waals surface area contributed by atoms with E-state index >= 15 is 0 Å². The molecule has 2 amide bonds. The van der Waals surface area contributed by atoms with E-state index in [4.69, 9.17) is 0 Å². The van der Waals surface area contributed by atoms with Gasteiger partial charge in [0.15, 0.2) is 0 Å². The monoisotopic (exact) mass is 422 g/mol. The van der Waals surface area contributed by atoms with Crippen molar-refractivity contribution >= 4 is 17.5 Å². The molecular formula is C24H30N4O3. The zero-order valence-electron chi connectivity index (χ0n) is 18.2. The van der Waals surface area contributed by atoms with Crippen LogP contribution >= 0.6 is 0 Å². The number of amides is 2. The van der Waals surface area contributed by atoms with Gasteiger partial charge in [-0.2, -0.15) is 5.10 Å². The Morgan fingerprint density at radius 3 is 2.58 bits per heavy atom. The maximum absolute atomic E-state index is 13.2. The van der Waals surface area contributed by atoms with Crippen LogP contribution in [0, 0.1) is 5.92 Å². The first-order valence-electron chi connectivity index (χ1n) is 11.2. The third kappa shape index (κ3) is 4.70. The SMILES string of the molecule is CC1CCC(NC(=O)CCn2nc(C(=O)N3c4ccccc4CC3C)ccc2=O)CC1. The maximum Gasteiger partial charge on any atom is 0.278 e. The minimum atomic E-state index is -0.314. The van der Waals surface area contributed by atoms with Gasteiger partial charge in [0.1, 0.15) is 5.69 Å². The van der Waals surface area contributed by atoms with Gasteiger partial charge < -0.3 is 10.2 Å². The Bertz CT molecular complexity index is 1020.